The molecule has 0 atom stereocenters. The Morgan fingerprint density at radius 1 is 1.86 bits per heavy atom. The van der Waals surface area contributed by atoms with Gasteiger partial charge in [-0.2, -0.15) is 0 Å². The predicted octanol–water partition coefficient (Wildman–Crippen LogP) is 0.851. The van der Waals surface area contributed by atoms with Gasteiger partial charge in [0.25, 0.3) is 0 Å². The number of carbonyl (C=O) groups excluding carboxylic acids is 1. The lowest BCUT2D eigenvalue weighted by atomic mass is 10.3. The van der Waals surface area contributed by atoms with Gasteiger partial charge in [0.1, 0.15) is 0 Å². The number of allylic oxidation sites excluding steroid dienone is 1. The molecule has 0 aliphatic heterocycles. The molecular formula is C5H7O2+. The van der Waals surface area contributed by atoms with Crippen molar-refractivity contribution in [2.75, 3.05) is 0 Å². The zero-order valence-corrected chi connectivity index (χ0v) is 3.98. The first-order valence-electron chi connectivity index (χ1n) is 1.88. The van der Waals surface area contributed by atoms with Crippen LogP contribution in [-0.4, -0.2) is 10.9 Å². The van der Waals surface area contributed by atoms with E-state index >= 15 is 0 Å². The Labute approximate surface area is 42.5 Å². The molecule has 0 rings (SSSR count). The van der Waals surface area contributed by atoms with Gasteiger partial charge in [-0.05, 0) is 0 Å². The van der Waals surface area contributed by atoms with Gasteiger partial charge < -0.3 is 5.11 Å². The molecule has 0 aromatic heterocycles. The molecule has 0 fully saturated rings. The Bertz CT molecular complexity index is 94.3. The van der Waals surface area contributed by atoms with Crippen LogP contribution in [0.4, 0.5) is 0 Å². The molecule has 1 N–H and O–H groups in total. The Morgan fingerprint density at radius 3 is 2.29 bits per heavy atom. The smallest absolute Gasteiger partial charge is 0.240 e. The maximum atomic E-state index is 10.1. The lowest BCUT2D eigenvalue weighted by molar-refractivity contribution is -0.117. The van der Waals surface area contributed by atoms with Gasteiger partial charge in [-0.25, -0.2) is 0 Å². The third-order valence-corrected chi connectivity index (χ3v) is 0.549. The number of aliphatic hydroxyl groups is 1. The van der Waals surface area contributed by atoms with Gasteiger partial charge in [0, 0.05) is 0 Å². The second-order valence-corrected chi connectivity index (χ2v) is 1.12. The molecule has 0 amide bonds. The zero-order chi connectivity index (χ0) is 5.86. The van der Waals surface area contributed by atoms with Crippen LogP contribution >= 0.6 is 0 Å². The highest BCUT2D eigenvalue weighted by Gasteiger charge is 2.02. The van der Waals surface area contributed by atoms with Crippen LogP contribution in [0.15, 0.2) is 12.3 Å². The van der Waals surface area contributed by atoms with Crippen molar-refractivity contribution in [3.8, 4) is 0 Å². The number of carbonyl (C=O) groups is 1. The number of hydrogen-bond acceptors (Lipinski definition) is 2. The molecule has 2 heteroatoms. The molecule has 0 spiro atoms. The topological polar surface area (TPSA) is 37.3 Å². The summed E-state index contributed by atoms with van der Waals surface area (Å²) in [5.41, 5.74) is 0. The van der Waals surface area contributed by atoms with Crippen molar-refractivity contribution in [2.24, 2.45) is 0 Å². The van der Waals surface area contributed by atoms with Crippen molar-refractivity contribution in [1.29, 1.82) is 0 Å². The summed E-state index contributed by atoms with van der Waals surface area (Å²) in [4.78, 5) is 10.1. The van der Waals surface area contributed by atoms with Gasteiger partial charge in [-0.3, -0.25) is 4.79 Å². The van der Waals surface area contributed by atoms with Crippen molar-refractivity contribution < 1.29 is 9.90 Å². The Morgan fingerprint density at radius 2 is 2.29 bits per heavy atom. The van der Waals surface area contributed by atoms with E-state index in [0.29, 0.717) is 0 Å². The minimum atomic E-state index is -0.407. The highest BCUT2D eigenvalue weighted by molar-refractivity contribution is 5.92. The molecule has 0 unspecified atom stereocenters. The molecule has 0 aliphatic carbocycles. The summed E-state index contributed by atoms with van der Waals surface area (Å²) in [6.45, 7) is 6.23. The summed E-state index contributed by atoms with van der Waals surface area (Å²) < 4.78 is 0. The fourth-order valence-corrected chi connectivity index (χ4v) is 0.144. The largest absolute Gasteiger partial charge is 0.505 e. The summed E-state index contributed by atoms with van der Waals surface area (Å²) in [6, 6.07) is 0. The molecular weight excluding hydrogens is 92.1 g/mol. The summed E-state index contributed by atoms with van der Waals surface area (Å²) in [6.07, 6.45) is 0.0787. The average molecular weight is 99.1 g/mol. The third kappa shape index (κ3) is 1.87. The van der Waals surface area contributed by atoms with Crippen LogP contribution in [0.5, 0.6) is 0 Å². The second kappa shape index (κ2) is 2.29. The molecule has 0 aromatic carbocycles. The molecule has 0 bridgehead atoms. The van der Waals surface area contributed by atoms with Crippen LogP contribution in [0.25, 0.3) is 0 Å². The fraction of sp³-hybridized carbons (Fsp3) is 0.200. The van der Waals surface area contributed by atoms with Crippen LogP contribution in [0.1, 0.15) is 6.42 Å². The Balaban J connectivity index is 3.58. The van der Waals surface area contributed by atoms with Gasteiger partial charge in [-0.15, -0.1) is 0 Å². The van der Waals surface area contributed by atoms with Crippen LogP contribution in [0.2, 0.25) is 0 Å². The highest BCUT2D eigenvalue weighted by atomic mass is 16.3. The first-order chi connectivity index (χ1) is 3.18. The molecule has 0 saturated heterocycles. The maximum Gasteiger partial charge on any atom is 0.240 e. The fourth-order valence-electron chi connectivity index (χ4n) is 0.144. The summed E-state index contributed by atoms with van der Waals surface area (Å²) in [7, 11) is 0. The summed E-state index contributed by atoms with van der Waals surface area (Å²) in [5.74, 6) is -0.810. The van der Waals surface area contributed by atoms with E-state index in [2.05, 4.69) is 13.5 Å². The number of hydrogen-bond donors (Lipinski definition) is 1. The Kier molecular flexibility index (Phi) is 1.99. The molecule has 38 valence electrons. The van der Waals surface area contributed by atoms with Crippen LogP contribution in [-0.2, 0) is 4.79 Å². The Hall–Kier alpha value is -0.920. The number of rotatable bonds is 2. The van der Waals surface area contributed by atoms with Gasteiger partial charge in [-0.1, -0.05) is 6.58 Å². The molecule has 2 nitrogen and oxygen atoms in total. The monoisotopic (exact) mass is 99.0 g/mol. The minimum absolute atomic E-state index is 0.0787. The normalized spacial score (nSPS) is 8.00. The summed E-state index contributed by atoms with van der Waals surface area (Å²) >= 11 is 0. The van der Waals surface area contributed by atoms with Gasteiger partial charge >= 0.3 is 0 Å². The molecule has 0 saturated carbocycles. The lowest BCUT2D eigenvalue weighted by Gasteiger charge is -1.83. The van der Waals surface area contributed by atoms with E-state index in [1.54, 1.807) is 0 Å². The molecule has 0 radical (unpaired) electrons. The first kappa shape index (κ1) is 6.08. The van der Waals surface area contributed by atoms with Crippen molar-refractivity contribution in [3.05, 3.63) is 19.3 Å². The van der Waals surface area contributed by atoms with E-state index in [1.165, 1.54) is 0 Å². The van der Waals surface area contributed by atoms with Crippen molar-refractivity contribution in [2.45, 2.75) is 6.42 Å². The van der Waals surface area contributed by atoms with Crippen LogP contribution in [0.3, 0.4) is 0 Å². The van der Waals surface area contributed by atoms with E-state index in [0.717, 1.165) is 0 Å². The van der Waals surface area contributed by atoms with Crippen LogP contribution < -0.4 is 0 Å². The quantitative estimate of drug-likeness (QED) is 0.316. The minimum Gasteiger partial charge on any atom is -0.505 e. The zero-order valence-electron chi connectivity index (χ0n) is 3.98. The first-order valence-corrected chi connectivity index (χ1v) is 1.88. The van der Waals surface area contributed by atoms with E-state index in [-0.39, 0.29) is 6.42 Å². The molecule has 0 aliphatic rings. The van der Waals surface area contributed by atoms with E-state index in [1.807, 2.05) is 0 Å². The van der Waals surface area contributed by atoms with Gasteiger partial charge in [0.2, 0.25) is 5.78 Å². The van der Waals surface area contributed by atoms with E-state index in [9.17, 15) is 4.79 Å². The third-order valence-electron chi connectivity index (χ3n) is 0.549. The predicted molar refractivity (Wildman–Crippen MR) is 26.7 cm³/mol. The lowest BCUT2D eigenvalue weighted by Crippen LogP contribution is -1.96. The van der Waals surface area contributed by atoms with Crippen molar-refractivity contribution >= 4 is 5.78 Å². The maximum absolute atomic E-state index is 10.1. The van der Waals surface area contributed by atoms with E-state index in [4.69, 9.17) is 5.11 Å². The number of aliphatic hydroxyl groups excluding tert-OH is 1. The van der Waals surface area contributed by atoms with Crippen LogP contribution in [0, 0.1) is 6.92 Å². The van der Waals surface area contributed by atoms with Gasteiger partial charge in [0.05, 0.1) is 6.92 Å². The summed E-state index contributed by atoms with van der Waals surface area (Å²) in [5, 5.41) is 8.24. The molecule has 0 heterocycles. The molecule has 0 aromatic rings. The molecule has 7 heavy (non-hydrogen) atoms. The van der Waals surface area contributed by atoms with Crippen molar-refractivity contribution in [1.82, 2.24) is 0 Å². The SMILES string of the molecule is C=C(O)C(=O)C[CH2+]. The van der Waals surface area contributed by atoms with E-state index < -0.39 is 11.5 Å². The number of ketones is 1. The highest BCUT2D eigenvalue weighted by Crippen LogP contribution is 1.87. The average Bonchev–Trinajstić information content (AvgIpc) is 1.65. The van der Waals surface area contributed by atoms with Gasteiger partial charge in [0.15, 0.2) is 12.2 Å². The number of Topliss-reactive ketones (excluding diaryl/α,β-unsaturated/α-hetero) is 1. The standard InChI is InChI=1S/C5H6O2/c1-3-5(7)4(2)6/h1-3H2/p+1. The van der Waals surface area contributed by atoms with Crippen molar-refractivity contribution in [3.63, 3.8) is 0 Å². The second-order valence-electron chi connectivity index (χ2n) is 1.12.